The van der Waals surface area contributed by atoms with Crippen LogP contribution in [0.15, 0.2) is 17.6 Å². The summed E-state index contributed by atoms with van der Waals surface area (Å²) >= 11 is 0. The summed E-state index contributed by atoms with van der Waals surface area (Å²) in [5, 5.41) is 0.1000. The van der Waals surface area contributed by atoms with E-state index in [-0.39, 0.29) is 23.3 Å². The van der Waals surface area contributed by atoms with Crippen molar-refractivity contribution in [3.63, 3.8) is 0 Å². The number of sulfonamides is 1. The van der Waals surface area contributed by atoms with E-state index in [0.717, 1.165) is 25.7 Å². The predicted octanol–water partition coefficient (Wildman–Crippen LogP) is 1.32. The Hall–Kier alpha value is -1.21. The molecule has 1 aliphatic heterocycles. The Kier molecular flexibility index (Phi) is 4.36. The molecular weight excluding hydrogens is 266 g/mol. The van der Waals surface area contributed by atoms with E-state index in [1.807, 2.05) is 0 Å². The van der Waals surface area contributed by atoms with Gasteiger partial charge < -0.3 is 4.98 Å². The van der Waals surface area contributed by atoms with Crippen LogP contribution in [0.5, 0.6) is 0 Å². The second-order valence-corrected chi connectivity index (χ2v) is 6.80. The van der Waals surface area contributed by atoms with Crippen LogP contribution in [0.2, 0.25) is 0 Å². The van der Waals surface area contributed by atoms with Gasteiger partial charge in [0.1, 0.15) is 5.78 Å². The highest BCUT2D eigenvalue weighted by Gasteiger charge is 2.33. The highest BCUT2D eigenvalue weighted by Crippen LogP contribution is 2.25. The number of aromatic nitrogens is 2. The highest BCUT2D eigenvalue weighted by molar-refractivity contribution is 7.89. The molecule has 6 nitrogen and oxygen atoms in total. The lowest BCUT2D eigenvalue weighted by Crippen LogP contribution is -2.41. The van der Waals surface area contributed by atoms with Crippen molar-refractivity contribution in [3.05, 3.63) is 12.5 Å². The van der Waals surface area contributed by atoms with E-state index in [4.69, 9.17) is 0 Å². The number of H-pyrrole nitrogens is 1. The predicted molar refractivity (Wildman–Crippen MR) is 70.0 cm³/mol. The second-order valence-electron chi connectivity index (χ2n) is 4.94. The van der Waals surface area contributed by atoms with E-state index in [1.54, 1.807) is 0 Å². The molecule has 1 aromatic rings. The van der Waals surface area contributed by atoms with E-state index in [2.05, 4.69) is 9.97 Å². The Morgan fingerprint density at radius 3 is 2.89 bits per heavy atom. The van der Waals surface area contributed by atoms with Gasteiger partial charge in [-0.05, 0) is 19.8 Å². The van der Waals surface area contributed by atoms with E-state index in [9.17, 15) is 13.2 Å². The summed E-state index contributed by atoms with van der Waals surface area (Å²) in [5.41, 5.74) is 0. The molecule has 106 valence electrons. The first-order chi connectivity index (χ1) is 9.01. The lowest BCUT2D eigenvalue weighted by molar-refractivity contribution is -0.117. The number of Topliss-reactive ketones (excluding diaryl/α,β-unsaturated/α-hetero) is 1. The van der Waals surface area contributed by atoms with Crippen LogP contribution in [0.25, 0.3) is 0 Å². The zero-order chi connectivity index (χ0) is 13.9. The van der Waals surface area contributed by atoms with Gasteiger partial charge in [-0.2, -0.15) is 4.31 Å². The normalized spacial score (nSPS) is 22.1. The molecule has 1 unspecified atom stereocenters. The molecule has 1 atom stereocenters. The van der Waals surface area contributed by atoms with Crippen LogP contribution < -0.4 is 0 Å². The van der Waals surface area contributed by atoms with Crippen molar-refractivity contribution in [1.82, 2.24) is 14.3 Å². The number of aromatic amines is 1. The van der Waals surface area contributed by atoms with Gasteiger partial charge in [0, 0.05) is 19.0 Å². The maximum atomic E-state index is 12.5. The van der Waals surface area contributed by atoms with Crippen molar-refractivity contribution >= 4 is 15.8 Å². The number of rotatable bonds is 4. The van der Waals surface area contributed by atoms with Crippen LogP contribution in [0.1, 0.15) is 39.0 Å². The highest BCUT2D eigenvalue weighted by atomic mass is 32.2. The molecule has 0 radical (unpaired) electrons. The molecule has 1 aliphatic rings. The Balaban J connectivity index is 2.29. The molecule has 0 amide bonds. The summed E-state index contributed by atoms with van der Waals surface area (Å²) in [6.07, 6.45) is 6.49. The third-order valence-electron chi connectivity index (χ3n) is 3.41. The smallest absolute Gasteiger partial charge is 0.260 e. The van der Waals surface area contributed by atoms with Crippen molar-refractivity contribution < 1.29 is 13.2 Å². The van der Waals surface area contributed by atoms with Crippen LogP contribution in [-0.4, -0.2) is 41.1 Å². The molecule has 0 bridgehead atoms. The number of nitrogens with zero attached hydrogens (tertiary/aromatic N) is 2. The summed E-state index contributed by atoms with van der Waals surface area (Å²) in [5.74, 6) is 0.0247. The zero-order valence-corrected chi connectivity index (χ0v) is 11.8. The Morgan fingerprint density at radius 1 is 1.47 bits per heavy atom. The zero-order valence-electron chi connectivity index (χ0n) is 11.0. The summed E-state index contributed by atoms with van der Waals surface area (Å²) in [4.78, 5) is 17.7. The van der Waals surface area contributed by atoms with Crippen molar-refractivity contribution in [2.24, 2.45) is 0 Å². The number of carbonyl (C=O) groups is 1. The van der Waals surface area contributed by atoms with Gasteiger partial charge >= 0.3 is 0 Å². The average Bonchev–Trinajstić information content (AvgIpc) is 2.77. The number of hydrogen-bond donors (Lipinski definition) is 1. The second kappa shape index (κ2) is 5.83. The molecule has 0 aliphatic carbocycles. The van der Waals surface area contributed by atoms with E-state index >= 15 is 0 Å². The van der Waals surface area contributed by atoms with Crippen LogP contribution in [-0.2, 0) is 14.8 Å². The minimum atomic E-state index is -3.57. The fraction of sp³-hybridized carbons (Fsp3) is 0.667. The SMILES string of the molecule is CC(=O)CC1CCCCCN1S(=O)(=O)c1cnc[nH]1. The standard InChI is InChI=1S/C12H19N3O3S/c1-10(16)7-11-5-3-2-4-6-15(11)19(17,18)12-8-13-9-14-12/h8-9,11H,2-7H2,1H3,(H,13,14). The first-order valence-corrected chi connectivity index (χ1v) is 7.95. The number of imidazole rings is 1. The van der Waals surface area contributed by atoms with Gasteiger partial charge in [0.25, 0.3) is 10.0 Å². The fourth-order valence-corrected chi connectivity index (χ4v) is 4.10. The summed E-state index contributed by atoms with van der Waals surface area (Å²) < 4.78 is 26.5. The van der Waals surface area contributed by atoms with Gasteiger partial charge in [-0.3, -0.25) is 4.79 Å². The van der Waals surface area contributed by atoms with Crippen molar-refractivity contribution in [2.75, 3.05) is 6.54 Å². The topological polar surface area (TPSA) is 83.1 Å². The maximum Gasteiger partial charge on any atom is 0.260 e. The Labute approximate surface area is 113 Å². The molecule has 7 heteroatoms. The lowest BCUT2D eigenvalue weighted by Gasteiger charge is -2.27. The summed E-state index contributed by atoms with van der Waals surface area (Å²) in [7, 11) is -3.57. The number of ketones is 1. The minimum absolute atomic E-state index is 0.0247. The average molecular weight is 285 g/mol. The fourth-order valence-electron chi connectivity index (χ4n) is 2.51. The van der Waals surface area contributed by atoms with Gasteiger partial charge in [0.15, 0.2) is 5.03 Å². The quantitative estimate of drug-likeness (QED) is 0.904. The van der Waals surface area contributed by atoms with Gasteiger partial charge in [0.2, 0.25) is 0 Å². The summed E-state index contributed by atoms with van der Waals surface area (Å²) in [6.45, 7) is 1.98. The van der Waals surface area contributed by atoms with E-state index < -0.39 is 10.0 Å². The van der Waals surface area contributed by atoms with Gasteiger partial charge in [0.05, 0.1) is 12.5 Å². The first-order valence-electron chi connectivity index (χ1n) is 6.51. The third-order valence-corrected chi connectivity index (χ3v) is 5.28. The largest absolute Gasteiger partial charge is 0.335 e. The van der Waals surface area contributed by atoms with Gasteiger partial charge in [-0.25, -0.2) is 13.4 Å². The molecule has 0 saturated carbocycles. The third kappa shape index (κ3) is 3.22. The lowest BCUT2D eigenvalue weighted by atomic mass is 10.1. The molecule has 1 N–H and O–H groups in total. The number of hydrogen-bond acceptors (Lipinski definition) is 4. The molecule has 19 heavy (non-hydrogen) atoms. The van der Waals surface area contributed by atoms with Crippen LogP contribution >= 0.6 is 0 Å². The molecule has 2 rings (SSSR count). The maximum absolute atomic E-state index is 12.5. The number of nitrogens with one attached hydrogen (secondary N) is 1. The van der Waals surface area contributed by atoms with Crippen molar-refractivity contribution in [1.29, 1.82) is 0 Å². The molecule has 1 fully saturated rings. The Morgan fingerprint density at radius 2 is 2.26 bits per heavy atom. The van der Waals surface area contributed by atoms with Crippen molar-refractivity contribution in [2.45, 2.75) is 50.1 Å². The molecule has 2 heterocycles. The Bertz CT molecular complexity index is 524. The van der Waals surface area contributed by atoms with Crippen LogP contribution in [0, 0.1) is 0 Å². The van der Waals surface area contributed by atoms with Gasteiger partial charge in [-0.1, -0.05) is 12.8 Å². The summed E-state index contributed by atoms with van der Waals surface area (Å²) in [6, 6.07) is -0.228. The number of carbonyl (C=O) groups excluding carboxylic acids is 1. The monoisotopic (exact) mass is 285 g/mol. The minimum Gasteiger partial charge on any atom is -0.335 e. The molecule has 1 aromatic heterocycles. The van der Waals surface area contributed by atoms with E-state index in [1.165, 1.54) is 23.8 Å². The van der Waals surface area contributed by atoms with Gasteiger partial charge in [-0.15, -0.1) is 0 Å². The molecule has 1 saturated heterocycles. The van der Waals surface area contributed by atoms with Crippen LogP contribution in [0.3, 0.4) is 0 Å². The van der Waals surface area contributed by atoms with Crippen LogP contribution in [0.4, 0.5) is 0 Å². The van der Waals surface area contributed by atoms with E-state index in [0.29, 0.717) is 6.54 Å². The first kappa shape index (κ1) is 14.2. The van der Waals surface area contributed by atoms with Crippen molar-refractivity contribution in [3.8, 4) is 0 Å². The molecule has 0 aromatic carbocycles. The molecule has 0 spiro atoms. The molecular formula is C12H19N3O3S.